The Balaban J connectivity index is 1.31. The van der Waals surface area contributed by atoms with E-state index in [2.05, 4.69) is 23.1 Å². The molecule has 0 bridgehead atoms. The third kappa shape index (κ3) is 5.71. The second-order valence-corrected chi connectivity index (χ2v) is 14.0. The largest absolute Gasteiger partial charge is 0.444 e. The van der Waals surface area contributed by atoms with Crippen LogP contribution in [0.4, 0.5) is 5.69 Å². The van der Waals surface area contributed by atoms with Crippen molar-refractivity contribution >= 4 is 21.3 Å². The highest BCUT2D eigenvalue weighted by molar-refractivity contribution is 7.91. The normalized spacial score (nSPS) is 23.3. The van der Waals surface area contributed by atoms with Crippen LogP contribution in [0.15, 0.2) is 59.0 Å². The van der Waals surface area contributed by atoms with E-state index in [-0.39, 0.29) is 29.1 Å². The third-order valence-corrected chi connectivity index (χ3v) is 10.5. The molecule has 6 rings (SSSR count). The van der Waals surface area contributed by atoms with Crippen LogP contribution >= 0.6 is 0 Å². The first kappa shape index (κ1) is 26.8. The van der Waals surface area contributed by atoms with Gasteiger partial charge < -0.3 is 9.32 Å². The van der Waals surface area contributed by atoms with Crippen LogP contribution < -0.4 is 4.90 Å². The van der Waals surface area contributed by atoms with Gasteiger partial charge >= 0.3 is 0 Å². The van der Waals surface area contributed by atoms with Gasteiger partial charge in [-0.15, -0.1) is 0 Å². The van der Waals surface area contributed by atoms with Crippen molar-refractivity contribution in [1.82, 2.24) is 4.98 Å². The fourth-order valence-corrected chi connectivity index (χ4v) is 7.46. The minimum Gasteiger partial charge on any atom is -0.444 e. The summed E-state index contributed by atoms with van der Waals surface area (Å²) in [6.07, 6.45) is 6.25. The molecule has 2 aliphatic carbocycles. The zero-order valence-corrected chi connectivity index (χ0v) is 23.5. The van der Waals surface area contributed by atoms with Crippen molar-refractivity contribution in [2.45, 2.75) is 57.3 Å². The van der Waals surface area contributed by atoms with E-state index in [0.29, 0.717) is 31.8 Å². The number of nitriles is 1. The molecule has 3 fully saturated rings. The van der Waals surface area contributed by atoms with Crippen LogP contribution in [0.3, 0.4) is 0 Å². The monoisotopic (exact) mass is 557 g/mol. The molecule has 3 aliphatic rings. The van der Waals surface area contributed by atoms with E-state index in [4.69, 9.17) is 9.40 Å². The van der Waals surface area contributed by atoms with Gasteiger partial charge in [-0.05, 0) is 43.4 Å². The standard InChI is InChI=1S/C32H35N3O4S/c33-22-32(14-15-32)21-28(36)26-8-4-5-9-27(26)31-30(34-29(39-31)20-23-6-2-1-3-7-23)24-10-12-25(13-11-24)35-16-18-40(37,38)19-17-35/h1-3,6-7,10-13,26-27H,4-5,8-9,14-21H2/t26-,27-/m1/s1. The Morgan fingerprint density at radius 1 is 1.02 bits per heavy atom. The number of hydrogen-bond donors (Lipinski definition) is 0. The summed E-state index contributed by atoms with van der Waals surface area (Å²) in [5.41, 5.74) is 3.36. The molecule has 0 N–H and O–H groups in total. The summed E-state index contributed by atoms with van der Waals surface area (Å²) in [6, 6.07) is 20.6. The summed E-state index contributed by atoms with van der Waals surface area (Å²) in [5, 5.41) is 9.60. The number of benzene rings is 2. The van der Waals surface area contributed by atoms with Crippen molar-refractivity contribution in [1.29, 1.82) is 5.26 Å². The SMILES string of the molecule is N#CC1(CC(=O)[C@@H]2CCCC[C@H]2c2oc(Cc3ccccc3)nc2-c2ccc(N3CCS(=O)(=O)CC3)cc2)CC1. The number of ketones is 1. The highest BCUT2D eigenvalue weighted by atomic mass is 32.2. The minimum atomic E-state index is -2.95. The molecule has 1 aliphatic heterocycles. The molecule has 2 saturated carbocycles. The lowest BCUT2D eigenvalue weighted by Gasteiger charge is -2.30. The van der Waals surface area contributed by atoms with Crippen molar-refractivity contribution in [3.05, 3.63) is 71.8 Å². The topological polar surface area (TPSA) is 104 Å². The molecule has 1 aromatic heterocycles. The highest BCUT2D eigenvalue weighted by Gasteiger charge is 2.47. The van der Waals surface area contributed by atoms with Crippen molar-refractivity contribution in [3.8, 4) is 17.3 Å². The Labute approximate surface area is 236 Å². The van der Waals surface area contributed by atoms with Crippen LogP contribution in [0.5, 0.6) is 0 Å². The molecule has 1 saturated heterocycles. The fourth-order valence-electron chi connectivity index (χ4n) is 6.26. The number of carbonyl (C=O) groups is 1. The Hall–Kier alpha value is -3.44. The van der Waals surface area contributed by atoms with Crippen LogP contribution in [-0.2, 0) is 21.1 Å². The van der Waals surface area contributed by atoms with Crippen LogP contribution in [0.1, 0.15) is 68.1 Å². The summed E-state index contributed by atoms with van der Waals surface area (Å²) in [7, 11) is -2.95. The first-order chi connectivity index (χ1) is 19.3. The second kappa shape index (κ2) is 10.9. The van der Waals surface area contributed by atoms with E-state index >= 15 is 0 Å². The van der Waals surface area contributed by atoms with Crippen LogP contribution in [0.25, 0.3) is 11.3 Å². The third-order valence-electron chi connectivity index (χ3n) is 8.87. The van der Waals surface area contributed by atoms with E-state index in [1.807, 2.05) is 42.5 Å². The molecular formula is C32H35N3O4S. The summed E-state index contributed by atoms with van der Waals surface area (Å²) in [4.78, 5) is 20.6. The Bertz CT molecular complexity index is 1500. The molecule has 0 spiro atoms. The molecule has 7 nitrogen and oxygen atoms in total. The van der Waals surface area contributed by atoms with Crippen molar-refractivity contribution in [2.24, 2.45) is 11.3 Å². The molecule has 0 amide bonds. The van der Waals surface area contributed by atoms with Gasteiger partial charge in [-0.3, -0.25) is 4.79 Å². The number of oxazole rings is 1. The average Bonchev–Trinajstić information content (AvgIpc) is 3.63. The Morgan fingerprint density at radius 3 is 2.40 bits per heavy atom. The lowest BCUT2D eigenvalue weighted by Crippen LogP contribution is -2.40. The number of carbonyl (C=O) groups excluding carboxylic acids is 1. The van der Waals surface area contributed by atoms with E-state index in [1.54, 1.807) is 0 Å². The molecule has 0 unspecified atom stereocenters. The predicted octanol–water partition coefficient (Wildman–Crippen LogP) is 5.70. The number of nitrogens with zero attached hydrogens (tertiary/aromatic N) is 3. The first-order valence-corrected chi connectivity index (χ1v) is 16.2. The summed E-state index contributed by atoms with van der Waals surface area (Å²) < 4.78 is 30.3. The molecule has 0 radical (unpaired) electrons. The molecular weight excluding hydrogens is 522 g/mol. The maximum absolute atomic E-state index is 13.5. The smallest absolute Gasteiger partial charge is 0.199 e. The molecule has 3 aromatic rings. The van der Waals surface area contributed by atoms with E-state index < -0.39 is 15.3 Å². The lowest BCUT2D eigenvalue weighted by atomic mass is 9.73. The number of anilines is 1. The molecule has 8 heteroatoms. The highest BCUT2D eigenvalue weighted by Crippen LogP contribution is 2.51. The fraction of sp³-hybridized carbons (Fsp3) is 0.469. The van der Waals surface area contributed by atoms with Crippen molar-refractivity contribution in [2.75, 3.05) is 29.5 Å². The number of aromatic nitrogens is 1. The summed E-state index contributed by atoms with van der Waals surface area (Å²) >= 11 is 0. The summed E-state index contributed by atoms with van der Waals surface area (Å²) in [6.45, 7) is 0.988. The molecule has 208 valence electrons. The van der Waals surface area contributed by atoms with Gasteiger partial charge in [-0.25, -0.2) is 13.4 Å². The Kier molecular flexibility index (Phi) is 7.26. The minimum absolute atomic E-state index is 0.0604. The molecule has 2 atom stereocenters. The number of rotatable bonds is 8. The number of hydrogen-bond acceptors (Lipinski definition) is 7. The van der Waals surface area contributed by atoms with Gasteiger partial charge in [0.2, 0.25) is 0 Å². The van der Waals surface area contributed by atoms with Gasteiger partial charge in [0.25, 0.3) is 0 Å². The maximum Gasteiger partial charge on any atom is 0.199 e. The number of sulfone groups is 1. The molecule has 2 heterocycles. The van der Waals surface area contributed by atoms with Gasteiger partial charge in [-0.2, -0.15) is 5.26 Å². The van der Waals surface area contributed by atoms with E-state index in [1.165, 1.54) is 0 Å². The van der Waals surface area contributed by atoms with Gasteiger partial charge in [0.05, 0.1) is 23.0 Å². The van der Waals surface area contributed by atoms with Gasteiger partial charge in [0.1, 0.15) is 17.2 Å². The Morgan fingerprint density at radius 2 is 1.73 bits per heavy atom. The maximum atomic E-state index is 13.5. The van der Waals surface area contributed by atoms with Crippen molar-refractivity contribution in [3.63, 3.8) is 0 Å². The quantitative estimate of drug-likeness (QED) is 0.350. The van der Waals surface area contributed by atoms with Crippen LogP contribution in [-0.4, -0.2) is 43.8 Å². The van der Waals surface area contributed by atoms with Crippen LogP contribution in [0, 0.1) is 22.7 Å². The van der Waals surface area contributed by atoms with Gasteiger partial charge in [0.15, 0.2) is 15.7 Å². The predicted molar refractivity (Wildman–Crippen MR) is 154 cm³/mol. The average molecular weight is 558 g/mol. The number of Topliss-reactive ketones (excluding diaryl/α,β-unsaturated/α-hetero) is 1. The van der Waals surface area contributed by atoms with E-state index in [9.17, 15) is 18.5 Å². The van der Waals surface area contributed by atoms with Gasteiger partial charge in [0, 0.05) is 49.0 Å². The lowest BCUT2D eigenvalue weighted by molar-refractivity contribution is -0.125. The second-order valence-electron chi connectivity index (χ2n) is 11.7. The van der Waals surface area contributed by atoms with Crippen molar-refractivity contribution < 1.29 is 17.6 Å². The van der Waals surface area contributed by atoms with E-state index in [0.717, 1.165) is 66.8 Å². The van der Waals surface area contributed by atoms with Gasteiger partial charge in [-0.1, -0.05) is 55.3 Å². The zero-order valence-electron chi connectivity index (χ0n) is 22.7. The molecule has 2 aromatic carbocycles. The van der Waals surface area contributed by atoms with Crippen LogP contribution in [0.2, 0.25) is 0 Å². The zero-order chi connectivity index (χ0) is 27.7. The molecule has 40 heavy (non-hydrogen) atoms. The summed E-state index contributed by atoms with van der Waals surface area (Å²) in [5.74, 6) is 1.73. The first-order valence-electron chi connectivity index (χ1n) is 14.4.